The lowest BCUT2D eigenvalue weighted by atomic mass is 9.98. The summed E-state index contributed by atoms with van der Waals surface area (Å²) in [5.74, 6) is 0. The minimum Gasteiger partial charge on any atom is -0.309 e. The molecule has 0 bridgehead atoms. The summed E-state index contributed by atoms with van der Waals surface area (Å²) in [4.78, 5) is 0. The number of hydrogen-bond acceptors (Lipinski definition) is 2. The molecule has 2 heterocycles. The van der Waals surface area contributed by atoms with Crippen LogP contribution in [0.1, 0.15) is 0 Å². The summed E-state index contributed by atoms with van der Waals surface area (Å²) < 4.78 is 30.0. The third kappa shape index (κ3) is 2.75. The smallest absolute Gasteiger partial charge is 0.172 e. The quantitative estimate of drug-likeness (QED) is 0.257. The molecule has 180 valence electrons. The highest BCUT2D eigenvalue weighted by Crippen LogP contribution is 2.55. The Morgan fingerprint density at radius 1 is 0.342 bits per heavy atom. The molecule has 2 aliphatic rings. The van der Waals surface area contributed by atoms with E-state index in [1.807, 2.05) is 97.1 Å². The molecule has 2 unspecified atom stereocenters. The van der Waals surface area contributed by atoms with Crippen LogP contribution in [0.3, 0.4) is 0 Å². The van der Waals surface area contributed by atoms with Crippen LogP contribution in [0.25, 0.3) is 33.0 Å². The van der Waals surface area contributed by atoms with E-state index < -0.39 is 14.3 Å². The lowest BCUT2D eigenvalue weighted by Crippen LogP contribution is -2.21. The van der Waals surface area contributed by atoms with Crippen molar-refractivity contribution in [3.63, 3.8) is 0 Å². The standard InChI is InChI=1S/C34H22O2P2/c35-37(25-11-3-1-4-12-25)31-17-9-7-15-27(31)29-19-24-22-34-30(20-23(24)21-33(29)37)28-16-8-10-18-32(28)38(34,36)26-13-5-2-6-14-26/h1-22H. The Kier molecular flexibility index (Phi) is 4.52. The number of benzene rings is 6. The maximum absolute atomic E-state index is 15.0. The van der Waals surface area contributed by atoms with E-state index in [1.54, 1.807) is 0 Å². The van der Waals surface area contributed by atoms with Gasteiger partial charge in [0.15, 0.2) is 14.3 Å². The second-order valence-electron chi connectivity index (χ2n) is 10.0. The molecule has 0 saturated carbocycles. The summed E-state index contributed by atoms with van der Waals surface area (Å²) in [7, 11) is -6.04. The SMILES string of the molecule is O=P1(c2ccccc2)c2ccccc2-c2cc3cc4c(cc3cc21)-c1ccccc1P4(=O)c1ccccc1. The van der Waals surface area contributed by atoms with E-state index >= 15 is 0 Å². The molecule has 2 aliphatic heterocycles. The van der Waals surface area contributed by atoms with Crippen LogP contribution in [0, 0.1) is 0 Å². The van der Waals surface area contributed by atoms with Crippen molar-refractivity contribution in [3.05, 3.63) is 133 Å². The van der Waals surface area contributed by atoms with Gasteiger partial charge in [-0.1, -0.05) is 109 Å². The van der Waals surface area contributed by atoms with Crippen LogP contribution in [-0.2, 0) is 9.13 Å². The van der Waals surface area contributed by atoms with E-state index in [4.69, 9.17) is 0 Å². The maximum atomic E-state index is 15.0. The molecule has 0 aromatic heterocycles. The fourth-order valence-corrected chi connectivity index (χ4v) is 12.5. The predicted octanol–water partition coefficient (Wildman–Crippen LogP) is 6.08. The van der Waals surface area contributed by atoms with E-state index in [2.05, 4.69) is 36.4 Å². The molecular weight excluding hydrogens is 502 g/mol. The highest BCUT2D eigenvalue weighted by Gasteiger charge is 2.42. The Hall–Kier alpha value is -3.96. The van der Waals surface area contributed by atoms with Crippen molar-refractivity contribution in [2.24, 2.45) is 0 Å². The molecule has 2 nitrogen and oxygen atoms in total. The second-order valence-corrected chi connectivity index (χ2v) is 15.4. The first kappa shape index (κ1) is 22.1. The van der Waals surface area contributed by atoms with Crippen molar-refractivity contribution < 1.29 is 9.13 Å². The van der Waals surface area contributed by atoms with Gasteiger partial charge in [0, 0.05) is 31.8 Å². The topological polar surface area (TPSA) is 34.1 Å². The lowest BCUT2D eigenvalue weighted by molar-refractivity contribution is 0.592. The first-order valence-electron chi connectivity index (χ1n) is 12.7. The van der Waals surface area contributed by atoms with Crippen LogP contribution in [0.5, 0.6) is 0 Å². The van der Waals surface area contributed by atoms with Gasteiger partial charge >= 0.3 is 0 Å². The van der Waals surface area contributed by atoms with Crippen LogP contribution in [0.4, 0.5) is 0 Å². The van der Waals surface area contributed by atoms with Gasteiger partial charge < -0.3 is 9.13 Å². The summed E-state index contributed by atoms with van der Waals surface area (Å²) in [6.45, 7) is 0. The zero-order valence-corrected chi connectivity index (χ0v) is 22.2. The summed E-state index contributed by atoms with van der Waals surface area (Å²) in [5, 5.41) is 7.29. The van der Waals surface area contributed by atoms with Crippen LogP contribution in [0.2, 0.25) is 0 Å². The highest BCUT2D eigenvalue weighted by molar-refractivity contribution is 7.87. The van der Waals surface area contributed by atoms with Crippen LogP contribution < -0.4 is 31.8 Å². The third-order valence-corrected chi connectivity index (χ3v) is 14.3. The van der Waals surface area contributed by atoms with Gasteiger partial charge in [0.1, 0.15) is 0 Å². The van der Waals surface area contributed by atoms with Gasteiger partial charge in [0.05, 0.1) is 0 Å². The molecule has 0 spiro atoms. The van der Waals surface area contributed by atoms with Crippen LogP contribution >= 0.6 is 14.3 Å². The summed E-state index contributed by atoms with van der Waals surface area (Å²) >= 11 is 0. The Bertz CT molecular complexity index is 1880. The molecule has 0 aliphatic carbocycles. The van der Waals surface area contributed by atoms with Crippen molar-refractivity contribution in [2.75, 3.05) is 0 Å². The van der Waals surface area contributed by atoms with Crippen LogP contribution in [0.15, 0.2) is 133 Å². The molecule has 38 heavy (non-hydrogen) atoms. The van der Waals surface area contributed by atoms with Gasteiger partial charge in [0.2, 0.25) is 0 Å². The molecule has 4 heteroatoms. The van der Waals surface area contributed by atoms with E-state index in [9.17, 15) is 9.13 Å². The monoisotopic (exact) mass is 524 g/mol. The molecule has 6 aromatic rings. The largest absolute Gasteiger partial charge is 0.309 e. The van der Waals surface area contributed by atoms with Gasteiger partial charge in [-0.3, -0.25) is 0 Å². The van der Waals surface area contributed by atoms with Crippen molar-refractivity contribution >= 4 is 56.9 Å². The molecule has 0 N–H and O–H groups in total. The summed E-state index contributed by atoms with van der Waals surface area (Å²) in [6.07, 6.45) is 0. The van der Waals surface area contributed by atoms with E-state index in [0.717, 1.165) is 64.9 Å². The Morgan fingerprint density at radius 3 is 1.13 bits per heavy atom. The molecule has 0 amide bonds. The lowest BCUT2D eigenvalue weighted by Gasteiger charge is -2.17. The zero-order valence-electron chi connectivity index (χ0n) is 20.4. The minimum atomic E-state index is -3.02. The number of hydrogen-bond donors (Lipinski definition) is 0. The molecule has 0 radical (unpaired) electrons. The Balaban J connectivity index is 1.45. The summed E-state index contributed by atoms with van der Waals surface area (Å²) in [6, 6.07) is 44.4. The second kappa shape index (κ2) is 7.78. The highest BCUT2D eigenvalue weighted by atomic mass is 31.2. The van der Waals surface area contributed by atoms with Crippen molar-refractivity contribution in [3.8, 4) is 22.3 Å². The van der Waals surface area contributed by atoms with Gasteiger partial charge in [0.25, 0.3) is 0 Å². The van der Waals surface area contributed by atoms with Crippen molar-refractivity contribution in [2.45, 2.75) is 0 Å². The molecule has 0 saturated heterocycles. The van der Waals surface area contributed by atoms with Gasteiger partial charge in [-0.15, -0.1) is 0 Å². The maximum Gasteiger partial charge on any atom is 0.172 e. The first-order valence-corrected chi connectivity index (χ1v) is 16.2. The predicted molar refractivity (Wildman–Crippen MR) is 161 cm³/mol. The van der Waals surface area contributed by atoms with E-state index in [-0.39, 0.29) is 0 Å². The van der Waals surface area contributed by atoms with Gasteiger partial charge in [-0.05, 0) is 57.3 Å². The number of rotatable bonds is 2. The molecule has 0 fully saturated rings. The average Bonchev–Trinajstić information content (AvgIpc) is 3.38. The van der Waals surface area contributed by atoms with Gasteiger partial charge in [-0.25, -0.2) is 0 Å². The normalized spacial score (nSPS) is 20.5. The van der Waals surface area contributed by atoms with Crippen molar-refractivity contribution in [1.82, 2.24) is 0 Å². The fraction of sp³-hybridized carbons (Fsp3) is 0. The average molecular weight is 524 g/mol. The zero-order chi connectivity index (χ0) is 25.5. The Morgan fingerprint density at radius 2 is 0.711 bits per heavy atom. The van der Waals surface area contributed by atoms with Crippen molar-refractivity contribution in [1.29, 1.82) is 0 Å². The van der Waals surface area contributed by atoms with E-state index in [1.165, 1.54) is 0 Å². The first-order chi connectivity index (χ1) is 18.6. The molecule has 2 atom stereocenters. The minimum absolute atomic E-state index is 0.852. The molecule has 6 aromatic carbocycles. The summed E-state index contributed by atoms with van der Waals surface area (Å²) in [5.41, 5.74) is 4.05. The third-order valence-electron chi connectivity index (χ3n) is 8.05. The Labute approximate surface area is 221 Å². The van der Waals surface area contributed by atoms with E-state index in [0.29, 0.717) is 0 Å². The molecule has 8 rings (SSSR count). The van der Waals surface area contributed by atoms with Gasteiger partial charge in [-0.2, -0.15) is 0 Å². The van der Waals surface area contributed by atoms with Crippen LogP contribution in [-0.4, -0.2) is 0 Å². The number of fused-ring (bicyclic) bond motifs is 7. The molecular formula is C34H22O2P2. The fourth-order valence-electron chi connectivity index (χ4n) is 6.32.